The Morgan fingerprint density at radius 2 is 1.90 bits per heavy atom. The molecule has 1 atom stereocenters. The third-order valence-corrected chi connectivity index (χ3v) is 8.84. The van der Waals surface area contributed by atoms with Crippen LogP contribution in [-0.4, -0.2) is 50.7 Å². The summed E-state index contributed by atoms with van der Waals surface area (Å²) in [7, 11) is -3.82. The number of carbonyl (C=O) groups excluding carboxylic acids is 1. The number of hydrogen-bond acceptors (Lipinski definition) is 5. The van der Waals surface area contributed by atoms with Gasteiger partial charge in [0.2, 0.25) is 10.0 Å². The van der Waals surface area contributed by atoms with Crippen molar-refractivity contribution in [1.29, 1.82) is 0 Å². The number of benzene rings is 2. The largest absolute Gasteiger partial charge is 0.379 e. The van der Waals surface area contributed by atoms with Crippen LogP contribution in [0.5, 0.6) is 0 Å². The van der Waals surface area contributed by atoms with Gasteiger partial charge in [0.25, 0.3) is 5.91 Å². The number of morpholine rings is 1. The second kappa shape index (κ2) is 9.06. The number of ether oxygens (including phenoxy) is 1. The maximum Gasteiger partial charge on any atom is 0.251 e. The molecule has 0 radical (unpaired) electrons. The van der Waals surface area contributed by atoms with Crippen LogP contribution in [-0.2, 0) is 14.8 Å². The summed E-state index contributed by atoms with van der Waals surface area (Å²) in [5.74, 6) is 0.518. The first-order chi connectivity index (χ1) is 14.4. The molecular formula is C20H20Cl2N2O4S2. The Kier molecular flexibility index (Phi) is 6.62. The van der Waals surface area contributed by atoms with E-state index in [9.17, 15) is 13.2 Å². The Hall–Kier alpha value is -1.29. The predicted octanol–water partition coefficient (Wildman–Crippen LogP) is 3.98. The Labute approximate surface area is 189 Å². The molecule has 0 aromatic heterocycles. The molecule has 0 saturated carbocycles. The molecule has 2 aliphatic rings. The van der Waals surface area contributed by atoms with Crippen molar-refractivity contribution in [2.24, 2.45) is 0 Å². The Bertz CT molecular complexity index is 1070. The van der Waals surface area contributed by atoms with E-state index in [1.807, 2.05) is 18.2 Å². The van der Waals surface area contributed by atoms with Crippen LogP contribution in [0.3, 0.4) is 0 Å². The van der Waals surface area contributed by atoms with E-state index in [2.05, 4.69) is 5.32 Å². The van der Waals surface area contributed by atoms with E-state index in [1.54, 1.807) is 11.8 Å². The highest BCUT2D eigenvalue weighted by Crippen LogP contribution is 2.37. The summed E-state index contributed by atoms with van der Waals surface area (Å²) in [4.78, 5) is 14.0. The first kappa shape index (κ1) is 21.9. The normalized spacial score (nSPS) is 19.9. The summed E-state index contributed by atoms with van der Waals surface area (Å²) in [5, 5.41) is 3.71. The van der Waals surface area contributed by atoms with Crippen molar-refractivity contribution in [3.8, 4) is 0 Å². The van der Waals surface area contributed by atoms with Gasteiger partial charge < -0.3 is 10.1 Å². The summed E-state index contributed by atoms with van der Waals surface area (Å²) < 4.78 is 32.6. The predicted molar refractivity (Wildman–Crippen MR) is 118 cm³/mol. The summed E-state index contributed by atoms with van der Waals surface area (Å²) in [5.41, 5.74) is 1.22. The van der Waals surface area contributed by atoms with Crippen LogP contribution in [0, 0.1) is 0 Å². The highest BCUT2D eigenvalue weighted by molar-refractivity contribution is 7.99. The van der Waals surface area contributed by atoms with Gasteiger partial charge in [0, 0.05) is 34.3 Å². The van der Waals surface area contributed by atoms with Crippen LogP contribution in [0.4, 0.5) is 0 Å². The van der Waals surface area contributed by atoms with Crippen LogP contribution in [0.15, 0.2) is 46.2 Å². The first-order valence-electron chi connectivity index (χ1n) is 9.47. The van der Waals surface area contributed by atoms with Crippen molar-refractivity contribution in [2.45, 2.75) is 22.3 Å². The van der Waals surface area contributed by atoms with Gasteiger partial charge >= 0.3 is 0 Å². The number of amides is 1. The molecule has 10 heteroatoms. The smallest absolute Gasteiger partial charge is 0.251 e. The second-order valence-corrected chi connectivity index (χ2v) is 10.9. The molecule has 2 aromatic carbocycles. The number of sulfonamides is 1. The van der Waals surface area contributed by atoms with E-state index in [0.717, 1.165) is 22.6 Å². The molecular weight excluding hydrogens is 467 g/mol. The molecule has 0 spiro atoms. The number of nitrogens with one attached hydrogen (secondary N) is 1. The maximum atomic E-state index is 13.0. The molecule has 2 aliphatic heterocycles. The van der Waals surface area contributed by atoms with Crippen molar-refractivity contribution in [1.82, 2.24) is 9.62 Å². The number of halogens is 2. The van der Waals surface area contributed by atoms with Gasteiger partial charge in [-0.3, -0.25) is 4.79 Å². The van der Waals surface area contributed by atoms with Crippen LogP contribution in [0.25, 0.3) is 0 Å². The van der Waals surface area contributed by atoms with Crippen LogP contribution in [0.1, 0.15) is 28.4 Å². The molecule has 160 valence electrons. The van der Waals surface area contributed by atoms with Gasteiger partial charge in [0.15, 0.2) is 0 Å². The lowest BCUT2D eigenvalue weighted by molar-refractivity contribution is 0.0730. The molecule has 6 nitrogen and oxygen atoms in total. The van der Waals surface area contributed by atoms with Gasteiger partial charge in [-0.1, -0.05) is 23.2 Å². The molecule has 2 aromatic rings. The average Bonchev–Trinajstić information content (AvgIpc) is 2.75. The fraction of sp³-hybridized carbons (Fsp3) is 0.350. The van der Waals surface area contributed by atoms with Gasteiger partial charge in [-0.2, -0.15) is 4.31 Å². The lowest BCUT2D eigenvalue weighted by Crippen LogP contribution is -2.40. The van der Waals surface area contributed by atoms with Gasteiger partial charge in [-0.25, -0.2) is 8.42 Å². The van der Waals surface area contributed by atoms with Crippen molar-refractivity contribution < 1.29 is 17.9 Å². The second-order valence-electron chi connectivity index (χ2n) is 7.01. The van der Waals surface area contributed by atoms with Gasteiger partial charge in [0.1, 0.15) is 4.90 Å². The zero-order valence-electron chi connectivity index (χ0n) is 15.9. The van der Waals surface area contributed by atoms with Gasteiger partial charge in [-0.05, 0) is 48.4 Å². The van der Waals surface area contributed by atoms with E-state index in [-0.39, 0.29) is 40.5 Å². The average molecular weight is 487 g/mol. The molecule has 1 amide bonds. The van der Waals surface area contributed by atoms with Crippen LogP contribution < -0.4 is 5.32 Å². The van der Waals surface area contributed by atoms with Crippen LogP contribution >= 0.6 is 35.0 Å². The first-order valence-corrected chi connectivity index (χ1v) is 12.6. The van der Waals surface area contributed by atoms with E-state index < -0.39 is 10.0 Å². The summed E-state index contributed by atoms with van der Waals surface area (Å²) >= 11 is 14.1. The quantitative estimate of drug-likeness (QED) is 0.706. The summed E-state index contributed by atoms with van der Waals surface area (Å²) in [6, 6.07) is 9.79. The van der Waals surface area contributed by atoms with E-state index in [1.165, 1.54) is 22.5 Å². The molecule has 1 N–H and O–H groups in total. The number of carbonyl (C=O) groups is 1. The maximum absolute atomic E-state index is 13.0. The van der Waals surface area contributed by atoms with Crippen molar-refractivity contribution >= 4 is 50.9 Å². The van der Waals surface area contributed by atoms with Crippen molar-refractivity contribution in [2.75, 3.05) is 32.1 Å². The highest BCUT2D eigenvalue weighted by Gasteiger charge is 2.30. The molecule has 1 saturated heterocycles. The number of thioether (sulfide) groups is 1. The van der Waals surface area contributed by atoms with E-state index in [4.69, 9.17) is 27.9 Å². The minimum absolute atomic E-state index is 0.0682. The molecule has 4 rings (SSSR count). The molecule has 0 bridgehead atoms. The zero-order chi connectivity index (χ0) is 21.3. The monoisotopic (exact) mass is 486 g/mol. The Balaban J connectivity index is 1.59. The minimum Gasteiger partial charge on any atom is -0.379 e. The van der Waals surface area contributed by atoms with E-state index in [0.29, 0.717) is 18.2 Å². The third kappa shape index (κ3) is 4.49. The number of nitrogens with zero attached hydrogens (tertiary/aromatic N) is 1. The van der Waals surface area contributed by atoms with Crippen molar-refractivity contribution in [3.63, 3.8) is 0 Å². The lowest BCUT2D eigenvalue weighted by Gasteiger charge is -2.27. The SMILES string of the molecule is O=C(N[C@H]1CCSc2ccc(Cl)cc21)c1ccc(Cl)c(S(=O)(=O)N2CCOCC2)c1. The minimum atomic E-state index is -3.82. The fourth-order valence-corrected chi connectivity index (χ4v) is 6.72. The van der Waals surface area contributed by atoms with Gasteiger partial charge in [-0.15, -0.1) is 11.8 Å². The highest BCUT2D eigenvalue weighted by atomic mass is 35.5. The topological polar surface area (TPSA) is 75.7 Å². The molecule has 0 unspecified atom stereocenters. The zero-order valence-corrected chi connectivity index (χ0v) is 19.1. The van der Waals surface area contributed by atoms with Crippen LogP contribution in [0.2, 0.25) is 10.0 Å². The van der Waals surface area contributed by atoms with E-state index >= 15 is 0 Å². The standard InChI is InChI=1S/C20H20Cl2N2O4S2/c21-14-2-4-18-15(12-14)17(5-10-29-18)23-20(25)13-1-3-16(22)19(11-13)30(26,27)24-6-8-28-9-7-24/h1-4,11-12,17H,5-10H2,(H,23,25)/t17-/m0/s1. The summed E-state index contributed by atoms with van der Waals surface area (Å²) in [6.07, 6.45) is 0.760. The number of hydrogen-bond donors (Lipinski definition) is 1. The third-order valence-electron chi connectivity index (χ3n) is 5.10. The number of rotatable bonds is 4. The summed E-state index contributed by atoms with van der Waals surface area (Å²) in [6.45, 7) is 1.18. The molecule has 0 aliphatic carbocycles. The molecule has 30 heavy (non-hydrogen) atoms. The molecule has 1 fully saturated rings. The lowest BCUT2D eigenvalue weighted by atomic mass is 10.0. The Morgan fingerprint density at radius 1 is 1.13 bits per heavy atom. The number of fused-ring (bicyclic) bond motifs is 1. The van der Waals surface area contributed by atoms with Gasteiger partial charge in [0.05, 0.1) is 24.3 Å². The van der Waals surface area contributed by atoms with Crippen molar-refractivity contribution in [3.05, 3.63) is 57.6 Å². The Morgan fingerprint density at radius 3 is 2.67 bits per heavy atom. The fourth-order valence-electron chi connectivity index (χ4n) is 3.53. The molecule has 2 heterocycles.